The van der Waals surface area contributed by atoms with Crippen LogP contribution in [0.3, 0.4) is 0 Å². The van der Waals surface area contributed by atoms with Crippen LogP contribution in [0.4, 0.5) is 4.39 Å². The van der Waals surface area contributed by atoms with E-state index in [1.165, 1.54) is 6.07 Å². The van der Waals surface area contributed by atoms with Crippen LogP contribution in [0.25, 0.3) is 0 Å². The number of nitrogens with two attached hydrogens (primary N) is 1. The lowest BCUT2D eigenvalue weighted by molar-refractivity contribution is -0.119. The summed E-state index contributed by atoms with van der Waals surface area (Å²) >= 11 is 0. The molecule has 0 radical (unpaired) electrons. The fourth-order valence-electron chi connectivity index (χ4n) is 2.59. The Hall–Kier alpha value is -3.29. The maximum atomic E-state index is 13.7. The maximum absolute atomic E-state index is 13.7. The molecule has 1 atom stereocenters. The van der Waals surface area contributed by atoms with Gasteiger partial charge in [0.2, 0.25) is 0 Å². The van der Waals surface area contributed by atoms with Crippen LogP contribution in [0.5, 0.6) is 11.5 Å². The van der Waals surface area contributed by atoms with Gasteiger partial charge in [-0.15, -0.1) is 0 Å². The van der Waals surface area contributed by atoms with E-state index in [0.717, 1.165) is 18.5 Å². The number of ether oxygens (including phenoxy) is 2. The van der Waals surface area contributed by atoms with Crippen molar-refractivity contribution in [1.82, 2.24) is 10.6 Å². The number of guanidine groups is 1. The van der Waals surface area contributed by atoms with Crippen molar-refractivity contribution in [3.05, 3.63) is 59.9 Å². The van der Waals surface area contributed by atoms with Gasteiger partial charge in [-0.05, 0) is 50.1 Å². The summed E-state index contributed by atoms with van der Waals surface area (Å²) < 4.78 is 24.5. The highest BCUT2D eigenvalue weighted by atomic mass is 19.1. The summed E-state index contributed by atoms with van der Waals surface area (Å²) in [5.41, 5.74) is 6.18. The molecule has 0 aliphatic carbocycles. The van der Waals surface area contributed by atoms with E-state index in [1.54, 1.807) is 30.3 Å². The Morgan fingerprint density at radius 3 is 2.57 bits per heavy atom. The zero-order valence-electron chi connectivity index (χ0n) is 17.4. The molecule has 2 rings (SSSR count). The third kappa shape index (κ3) is 8.38. The Kier molecular flexibility index (Phi) is 9.44. The summed E-state index contributed by atoms with van der Waals surface area (Å²) in [6.45, 7) is 5.48. The molecular formula is C22H29FN4O3. The largest absolute Gasteiger partial charge is 0.486 e. The molecule has 0 spiro atoms. The number of nitrogens with one attached hydrogen (secondary N) is 2. The molecule has 7 nitrogen and oxygen atoms in total. The molecule has 1 amide bonds. The number of benzene rings is 2. The lowest BCUT2D eigenvalue weighted by Gasteiger charge is -2.15. The summed E-state index contributed by atoms with van der Waals surface area (Å²) in [4.78, 5) is 15.3. The van der Waals surface area contributed by atoms with Crippen LogP contribution in [-0.4, -0.2) is 44.2 Å². The molecule has 0 heterocycles. The fraction of sp³-hybridized carbons (Fsp3) is 0.364. The number of hydrogen-bond donors (Lipinski definition) is 3. The Morgan fingerprint density at radius 1 is 1.17 bits per heavy atom. The van der Waals surface area contributed by atoms with Gasteiger partial charge in [-0.1, -0.05) is 24.3 Å². The highest BCUT2D eigenvalue weighted by Gasteiger charge is 2.08. The molecule has 0 fully saturated rings. The molecule has 0 aliphatic heterocycles. The lowest BCUT2D eigenvalue weighted by Crippen LogP contribution is -2.39. The first kappa shape index (κ1) is 23.0. The zero-order valence-corrected chi connectivity index (χ0v) is 17.4. The highest BCUT2D eigenvalue weighted by molar-refractivity contribution is 5.79. The molecular weight excluding hydrogens is 387 g/mol. The van der Waals surface area contributed by atoms with Gasteiger partial charge in [0.1, 0.15) is 11.9 Å². The average molecular weight is 416 g/mol. The van der Waals surface area contributed by atoms with E-state index in [9.17, 15) is 9.18 Å². The van der Waals surface area contributed by atoms with E-state index in [1.807, 2.05) is 26.0 Å². The third-order valence-electron chi connectivity index (χ3n) is 4.03. The quantitative estimate of drug-likeness (QED) is 0.386. The molecule has 0 saturated carbocycles. The second kappa shape index (κ2) is 12.3. The normalized spacial score (nSPS) is 12.2. The topological polar surface area (TPSA) is 98.0 Å². The number of halogens is 1. The number of para-hydroxylation sites is 1. The van der Waals surface area contributed by atoms with Gasteiger partial charge in [-0.2, -0.15) is 0 Å². The van der Waals surface area contributed by atoms with Crippen molar-refractivity contribution in [3.8, 4) is 11.5 Å². The molecule has 0 aliphatic rings. The van der Waals surface area contributed by atoms with Crippen molar-refractivity contribution in [2.75, 3.05) is 26.2 Å². The van der Waals surface area contributed by atoms with Crippen molar-refractivity contribution in [1.29, 1.82) is 0 Å². The molecule has 30 heavy (non-hydrogen) atoms. The molecule has 4 N–H and O–H groups in total. The minimum atomic E-state index is -0.507. The van der Waals surface area contributed by atoms with Crippen LogP contribution >= 0.6 is 0 Å². The predicted octanol–water partition coefficient (Wildman–Crippen LogP) is 2.25. The first-order valence-electron chi connectivity index (χ1n) is 9.91. The maximum Gasteiger partial charge on any atom is 0.255 e. The van der Waals surface area contributed by atoms with Crippen LogP contribution in [-0.2, 0) is 11.2 Å². The second-order valence-electron chi connectivity index (χ2n) is 6.65. The smallest absolute Gasteiger partial charge is 0.255 e. The number of rotatable bonds is 11. The van der Waals surface area contributed by atoms with E-state index in [0.29, 0.717) is 24.8 Å². The number of carbonyl (C=O) groups excluding carboxylic acids is 1. The minimum absolute atomic E-state index is 0.136. The van der Waals surface area contributed by atoms with Crippen LogP contribution in [0.1, 0.15) is 19.4 Å². The van der Waals surface area contributed by atoms with Gasteiger partial charge in [0.15, 0.2) is 24.1 Å². The number of primary amides is 1. The number of nitrogens with zero attached hydrogens (tertiary/aromatic N) is 1. The van der Waals surface area contributed by atoms with Crippen LogP contribution < -0.4 is 25.8 Å². The van der Waals surface area contributed by atoms with Crippen molar-refractivity contribution in [2.45, 2.75) is 26.4 Å². The first-order valence-corrected chi connectivity index (χ1v) is 9.91. The third-order valence-corrected chi connectivity index (χ3v) is 4.03. The van der Waals surface area contributed by atoms with Crippen LogP contribution in [0, 0.1) is 5.82 Å². The van der Waals surface area contributed by atoms with E-state index >= 15 is 0 Å². The summed E-state index contributed by atoms with van der Waals surface area (Å²) in [5.74, 6) is 0.602. The van der Waals surface area contributed by atoms with Crippen molar-refractivity contribution >= 4 is 11.9 Å². The monoisotopic (exact) mass is 416 g/mol. The lowest BCUT2D eigenvalue weighted by atomic mass is 10.1. The van der Waals surface area contributed by atoms with Gasteiger partial charge in [0.05, 0.1) is 6.54 Å². The molecule has 0 aromatic heterocycles. The Labute approximate surface area is 176 Å². The Bertz CT molecular complexity index is 827. The minimum Gasteiger partial charge on any atom is -0.486 e. The predicted molar refractivity (Wildman–Crippen MR) is 115 cm³/mol. The average Bonchev–Trinajstić information content (AvgIpc) is 2.73. The summed E-state index contributed by atoms with van der Waals surface area (Å²) in [6, 6.07) is 13.8. The Morgan fingerprint density at radius 2 is 1.90 bits per heavy atom. The van der Waals surface area contributed by atoms with Gasteiger partial charge in [-0.3, -0.25) is 4.79 Å². The van der Waals surface area contributed by atoms with E-state index in [4.69, 9.17) is 15.2 Å². The van der Waals surface area contributed by atoms with Crippen molar-refractivity contribution in [2.24, 2.45) is 10.7 Å². The number of carbonyl (C=O) groups is 1. The van der Waals surface area contributed by atoms with Crippen molar-refractivity contribution < 1.29 is 18.7 Å². The molecule has 1 unspecified atom stereocenters. The summed E-state index contributed by atoms with van der Waals surface area (Å²) in [7, 11) is 0. The molecule has 2 aromatic carbocycles. The SMILES string of the molecule is CCNC(=NCC(C)Oc1ccccc1F)NCCc1ccc(OCC(N)=O)cc1. The number of amides is 1. The highest BCUT2D eigenvalue weighted by Crippen LogP contribution is 2.17. The number of hydrogen-bond acceptors (Lipinski definition) is 4. The molecule has 162 valence electrons. The van der Waals surface area contributed by atoms with Gasteiger partial charge < -0.3 is 25.8 Å². The van der Waals surface area contributed by atoms with E-state index < -0.39 is 5.91 Å². The van der Waals surface area contributed by atoms with Crippen LogP contribution in [0.15, 0.2) is 53.5 Å². The van der Waals surface area contributed by atoms with E-state index in [-0.39, 0.29) is 24.3 Å². The van der Waals surface area contributed by atoms with Gasteiger partial charge in [0, 0.05) is 13.1 Å². The molecule has 0 bridgehead atoms. The second-order valence-corrected chi connectivity index (χ2v) is 6.65. The van der Waals surface area contributed by atoms with Crippen molar-refractivity contribution in [3.63, 3.8) is 0 Å². The standard InChI is InChI=1S/C22H29FN4O3/c1-3-25-22(27-14-16(2)30-20-7-5-4-6-19(20)23)26-13-12-17-8-10-18(11-9-17)29-15-21(24)28/h4-11,16H,3,12-15H2,1-2H3,(H2,24,28)(H2,25,26,27). The molecule has 0 saturated heterocycles. The van der Waals surface area contributed by atoms with E-state index in [2.05, 4.69) is 15.6 Å². The summed E-state index contributed by atoms with van der Waals surface area (Å²) in [5, 5.41) is 6.45. The fourth-order valence-corrected chi connectivity index (χ4v) is 2.59. The first-order chi connectivity index (χ1) is 14.5. The van der Waals surface area contributed by atoms with Gasteiger partial charge in [0.25, 0.3) is 5.91 Å². The molecule has 8 heteroatoms. The summed E-state index contributed by atoms with van der Waals surface area (Å²) in [6.07, 6.45) is 0.507. The molecule has 2 aromatic rings. The zero-order chi connectivity index (χ0) is 21.8. The number of aliphatic imine (C=N–C) groups is 1. The Balaban J connectivity index is 1.80. The van der Waals surface area contributed by atoms with Gasteiger partial charge in [-0.25, -0.2) is 9.38 Å². The van der Waals surface area contributed by atoms with Gasteiger partial charge >= 0.3 is 0 Å². The van der Waals surface area contributed by atoms with Crippen LogP contribution in [0.2, 0.25) is 0 Å².